The van der Waals surface area contributed by atoms with Gasteiger partial charge >= 0.3 is 0 Å². The summed E-state index contributed by atoms with van der Waals surface area (Å²) >= 11 is 1.63. The van der Waals surface area contributed by atoms with Crippen molar-refractivity contribution in [2.45, 2.75) is 6.54 Å². The lowest BCUT2D eigenvalue weighted by atomic mass is 10.2. The Morgan fingerprint density at radius 2 is 2.12 bits per heavy atom. The minimum Gasteiger partial charge on any atom is -0.383 e. The number of hydrogen-bond acceptors (Lipinski definition) is 4. The quantitative estimate of drug-likeness (QED) is 0.490. The minimum absolute atomic E-state index is 0.144. The number of methoxy groups -OCH3 is 1. The number of benzene rings is 1. The molecule has 6 heteroatoms. The zero-order valence-electron chi connectivity index (χ0n) is 14.6. The van der Waals surface area contributed by atoms with Crippen LogP contribution in [0.2, 0.25) is 0 Å². The van der Waals surface area contributed by atoms with E-state index in [9.17, 15) is 4.79 Å². The van der Waals surface area contributed by atoms with Crippen molar-refractivity contribution in [1.29, 1.82) is 0 Å². The predicted molar refractivity (Wildman–Crippen MR) is 105 cm³/mol. The highest BCUT2D eigenvalue weighted by molar-refractivity contribution is 7.13. The van der Waals surface area contributed by atoms with Crippen molar-refractivity contribution in [3.63, 3.8) is 0 Å². The first-order chi connectivity index (χ1) is 12.8. The maximum atomic E-state index is 11.9. The summed E-state index contributed by atoms with van der Waals surface area (Å²) < 4.78 is 6.84. The van der Waals surface area contributed by atoms with Crippen LogP contribution in [0.25, 0.3) is 16.6 Å². The maximum absolute atomic E-state index is 11.9. The van der Waals surface area contributed by atoms with E-state index in [1.165, 1.54) is 11.6 Å². The zero-order valence-corrected chi connectivity index (χ0v) is 15.4. The number of carbonyl (C=O) groups excluding carboxylic acids is 1. The minimum atomic E-state index is -0.144. The Labute approximate surface area is 156 Å². The molecule has 1 aromatic carbocycles. The number of ether oxygens (including phenoxy) is 1. The first-order valence-electron chi connectivity index (χ1n) is 8.36. The van der Waals surface area contributed by atoms with E-state index in [2.05, 4.69) is 17.4 Å². The van der Waals surface area contributed by atoms with Gasteiger partial charge in [-0.05, 0) is 23.1 Å². The Kier molecular flexibility index (Phi) is 6.35. The molecule has 2 heterocycles. The third-order valence-electron chi connectivity index (χ3n) is 3.75. The molecule has 0 aliphatic carbocycles. The van der Waals surface area contributed by atoms with Gasteiger partial charge < -0.3 is 10.1 Å². The topological polar surface area (TPSA) is 56.1 Å². The molecule has 3 aromatic rings. The normalized spacial score (nSPS) is 11.1. The summed E-state index contributed by atoms with van der Waals surface area (Å²) in [5, 5.41) is 9.53. The molecular formula is C20H21N3O2S. The molecule has 2 aromatic heterocycles. The van der Waals surface area contributed by atoms with Crippen molar-refractivity contribution in [3.8, 4) is 10.6 Å². The lowest BCUT2D eigenvalue weighted by molar-refractivity contribution is -0.116. The molecule has 0 radical (unpaired) electrons. The van der Waals surface area contributed by atoms with Crippen molar-refractivity contribution in [1.82, 2.24) is 15.1 Å². The predicted octanol–water partition coefficient (Wildman–Crippen LogP) is 3.44. The van der Waals surface area contributed by atoms with E-state index in [4.69, 9.17) is 9.84 Å². The van der Waals surface area contributed by atoms with Gasteiger partial charge in [0.05, 0.1) is 18.0 Å². The van der Waals surface area contributed by atoms with Gasteiger partial charge in [0.15, 0.2) is 0 Å². The van der Waals surface area contributed by atoms with Crippen molar-refractivity contribution in [2.24, 2.45) is 0 Å². The van der Waals surface area contributed by atoms with E-state index in [1.54, 1.807) is 18.4 Å². The van der Waals surface area contributed by atoms with Crippen molar-refractivity contribution >= 4 is 23.3 Å². The van der Waals surface area contributed by atoms with Crippen molar-refractivity contribution < 1.29 is 9.53 Å². The summed E-state index contributed by atoms with van der Waals surface area (Å²) in [6.45, 7) is 1.67. The summed E-state index contributed by atoms with van der Waals surface area (Å²) in [7, 11) is 1.61. The molecular weight excluding hydrogens is 346 g/mol. The molecule has 1 N–H and O–H groups in total. The summed E-state index contributed by atoms with van der Waals surface area (Å²) in [6.07, 6.45) is 5.32. The van der Waals surface area contributed by atoms with E-state index in [-0.39, 0.29) is 5.91 Å². The van der Waals surface area contributed by atoms with Crippen LogP contribution in [-0.4, -0.2) is 35.9 Å². The third kappa shape index (κ3) is 4.91. The van der Waals surface area contributed by atoms with E-state index in [1.807, 2.05) is 52.7 Å². The Morgan fingerprint density at radius 3 is 2.85 bits per heavy atom. The number of aromatic nitrogens is 2. The number of thiophene rings is 1. The number of rotatable bonds is 8. The molecule has 0 bridgehead atoms. The van der Waals surface area contributed by atoms with Crippen molar-refractivity contribution in [3.05, 3.63) is 71.2 Å². The van der Waals surface area contributed by atoms with E-state index in [0.29, 0.717) is 19.7 Å². The average Bonchev–Trinajstić information content (AvgIpc) is 3.30. The number of carbonyl (C=O) groups is 1. The Hall–Kier alpha value is -2.70. The molecule has 0 unspecified atom stereocenters. The third-order valence-corrected chi connectivity index (χ3v) is 4.63. The fourth-order valence-corrected chi connectivity index (χ4v) is 3.25. The molecule has 134 valence electrons. The first kappa shape index (κ1) is 18.1. The fraction of sp³-hybridized carbons (Fsp3) is 0.200. The molecule has 0 atom stereocenters. The van der Waals surface area contributed by atoms with Crippen LogP contribution in [0, 0.1) is 0 Å². The standard InChI is InChI=1S/C20H21N3O2S/c1-25-12-11-21-19(24)10-9-17-15-23(14-16-6-3-2-4-7-16)22-20(17)18-8-5-13-26-18/h2-10,13,15H,11-12,14H2,1H3,(H,21,24)/b10-9-. The molecule has 0 aliphatic heterocycles. The molecule has 0 spiro atoms. The van der Waals surface area contributed by atoms with Gasteiger partial charge in [0, 0.05) is 31.5 Å². The molecule has 3 rings (SSSR count). The Balaban J connectivity index is 1.80. The van der Waals surface area contributed by atoms with Gasteiger partial charge in [-0.1, -0.05) is 36.4 Å². The molecule has 0 saturated heterocycles. The number of hydrogen-bond donors (Lipinski definition) is 1. The van der Waals surface area contributed by atoms with Crippen LogP contribution in [0.15, 0.2) is 60.1 Å². The van der Waals surface area contributed by atoms with Crippen LogP contribution >= 0.6 is 11.3 Å². The van der Waals surface area contributed by atoms with Gasteiger partial charge in [-0.15, -0.1) is 11.3 Å². The van der Waals surface area contributed by atoms with E-state index < -0.39 is 0 Å². The monoisotopic (exact) mass is 367 g/mol. The van der Waals surface area contributed by atoms with Gasteiger partial charge in [0.1, 0.15) is 5.69 Å². The van der Waals surface area contributed by atoms with Gasteiger partial charge in [0.2, 0.25) is 5.91 Å². The van der Waals surface area contributed by atoms with Gasteiger partial charge in [-0.2, -0.15) is 5.10 Å². The zero-order chi connectivity index (χ0) is 18.2. The molecule has 1 amide bonds. The Morgan fingerprint density at radius 1 is 1.27 bits per heavy atom. The summed E-state index contributed by atoms with van der Waals surface area (Å²) in [5.41, 5.74) is 2.99. The summed E-state index contributed by atoms with van der Waals surface area (Å²) in [4.78, 5) is 13.0. The van der Waals surface area contributed by atoms with Crippen LogP contribution < -0.4 is 5.32 Å². The van der Waals surface area contributed by atoms with Crippen LogP contribution in [0.4, 0.5) is 0 Å². The van der Waals surface area contributed by atoms with Crippen molar-refractivity contribution in [2.75, 3.05) is 20.3 Å². The maximum Gasteiger partial charge on any atom is 0.244 e. The summed E-state index contributed by atoms with van der Waals surface area (Å²) in [6, 6.07) is 14.2. The molecule has 0 aliphatic rings. The lowest BCUT2D eigenvalue weighted by Gasteiger charge is -2.00. The van der Waals surface area contributed by atoms with Crippen LogP contribution in [-0.2, 0) is 16.1 Å². The second-order valence-electron chi connectivity index (χ2n) is 5.71. The van der Waals surface area contributed by atoms with Crippen LogP contribution in [0.5, 0.6) is 0 Å². The molecule has 26 heavy (non-hydrogen) atoms. The smallest absolute Gasteiger partial charge is 0.244 e. The van der Waals surface area contributed by atoms with Gasteiger partial charge in [-0.25, -0.2) is 0 Å². The SMILES string of the molecule is COCCNC(=O)/C=C\c1cn(Cc2ccccc2)nc1-c1cccs1. The molecule has 5 nitrogen and oxygen atoms in total. The number of nitrogens with one attached hydrogen (secondary N) is 1. The second kappa shape index (κ2) is 9.12. The Bertz CT molecular complexity index is 855. The van der Waals surface area contributed by atoms with E-state index >= 15 is 0 Å². The molecule has 0 saturated carbocycles. The van der Waals surface area contributed by atoms with Gasteiger partial charge in [0.25, 0.3) is 0 Å². The lowest BCUT2D eigenvalue weighted by Crippen LogP contribution is -2.24. The highest BCUT2D eigenvalue weighted by Crippen LogP contribution is 2.27. The highest BCUT2D eigenvalue weighted by Gasteiger charge is 2.11. The van der Waals surface area contributed by atoms with E-state index in [0.717, 1.165) is 16.1 Å². The number of amides is 1. The second-order valence-corrected chi connectivity index (χ2v) is 6.66. The fourth-order valence-electron chi connectivity index (χ4n) is 2.52. The molecule has 0 fully saturated rings. The summed E-state index contributed by atoms with van der Waals surface area (Å²) in [5.74, 6) is -0.144. The highest BCUT2D eigenvalue weighted by atomic mass is 32.1. The first-order valence-corrected chi connectivity index (χ1v) is 9.24. The van der Waals surface area contributed by atoms with Gasteiger partial charge in [-0.3, -0.25) is 9.48 Å². The largest absolute Gasteiger partial charge is 0.383 e. The number of nitrogens with zero attached hydrogens (tertiary/aromatic N) is 2. The van der Waals surface area contributed by atoms with Crippen LogP contribution in [0.3, 0.4) is 0 Å². The van der Waals surface area contributed by atoms with Crippen LogP contribution in [0.1, 0.15) is 11.1 Å². The average molecular weight is 367 g/mol.